The van der Waals surface area contributed by atoms with E-state index in [0.29, 0.717) is 12.6 Å². The Morgan fingerprint density at radius 1 is 1.15 bits per heavy atom. The number of nitrogens with one attached hydrogen (secondary N) is 1. The third kappa shape index (κ3) is 4.33. The van der Waals surface area contributed by atoms with Crippen LogP contribution in [0.25, 0.3) is 11.2 Å². The Morgan fingerprint density at radius 3 is 2.67 bits per heavy atom. The fraction of sp³-hybridized carbons (Fsp3) is 0.400. The third-order valence-corrected chi connectivity index (χ3v) is 5.67. The van der Waals surface area contributed by atoms with E-state index in [0.717, 1.165) is 48.6 Å². The molecule has 5 nitrogen and oxygen atoms in total. The summed E-state index contributed by atoms with van der Waals surface area (Å²) in [6.45, 7) is 4.10. The zero-order valence-electron chi connectivity index (χ0n) is 15.3. The van der Waals surface area contributed by atoms with Crippen LogP contribution in [0.2, 0.25) is 5.21 Å². The molecule has 0 saturated carbocycles. The molecule has 1 fully saturated rings. The average molecular weight is 429 g/mol. The minimum Gasteiger partial charge on any atom is -0.0260 e. The number of nitrogens with zero attached hydrogens (tertiary/aromatic N) is 4. The van der Waals surface area contributed by atoms with Gasteiger partial charge in [-0.1, -0.05) is 0 Å². The van der Waals surface area contributed by atoms with Gasteiger partial charge >= 0.3 is 145 Å². The molecule has 142 valence electrons. The van der Waals surface area contributed by atoms with E-state index < -0.39 is 0 Å². The number of likely N-dealkylation sites (tertiary alicyclic amines) is 1. The van der Waals surface area contributed by atoms with Gasteiger partial charge in [0.15, 0.2) is 0 Å². The maximum absolute atomic E-state index is 13.2. The van der Waals surface area contributed by atoms with E-state index >= 15 is 0 Å². The molecule has 4 rings (SSSR count). The van der Waals surface area contributed by atoms with Gasteiger partial charge in [0.05, 0.1) is 0 Å². The summed E-state index contributed by atoms with van der Waals surface area (Å²) >= 11 is 1.80. The number of fused-ring (bicyclic) bond motifs is 1. The molecule has 1 aromatic carbocycles. The van der Waals surface area contributed by atoms with Crippen LogP contribution in [0.3, 0.4) is 0 Å². The smallest absolute Gasteiger partial charge is 0.0260 e. The Labute approximate surface area is 167 Å². The quantitative estimate of drug-likeness (QED) is 0.612. The molecule has 1 atom stereocenters. The van der Waals surface area contributed by atoms with Crippen LogP contribution >= 0.6 is 0 Å². The number of rotatable bonds is 6. The van der Waals surface area contributed by atoms with Crippen LogP contribution in [0, 0.1) is 5.82 Å². The van der Waals surface area contributed by atoms with Gasteiger partial charge in [-0.3, -0.25) is 0 Å². The van der Waals surface area contributed by atoms with Crippen LogP contribution in [0.5, 0.6) is 0 Å². The second-order valence-corrected chi connectivity index (χ2v) is 8.25. The molecule has 2 aromatic heterocycles. The zero-order chi connectivity index (χ0) is 18.6. The SMILES string of the molecule is Fc1ccc(Cn2c(NC3CCN(CC[AsH2])CC3)nc3cccnc32)cc1. The number of halogens is 1. The molecule has 7 heteroatoms. The Bertz CT molecular complexity index is 887. The summed E-state index contributed by atoms with van der Waals surface area (Å²) in [5, 5.41) is 4.92. The van der Waals surface area contributed by atoms with E-state index in [9.17, 15) is 4.39 Å². The molecule has 0 amide bonds. The normalized spacial score (nSPS) is 16.1. The third-order valence-electron chi connectivity index (χ3n) is 5.12. The second kappa shape index (κ2) is 8.40. The molecule has 1 saturated heterocycles. The van der Waals surface area contributed by atoms with Crippen molar-refractivity contribution in [2.24, 2.45) is 0 Å². The van der Waals surface area contributed by atoms with Crippen LogP contribution < -0.4 is 5.32 Å². The minimum absolute atomic E-state index is 0.217. The number of benzene rings is 1. The predicted molar refractivity (Wildman–Crippen MR) is 109 cm³/mol. The number of pyridine rings is 1. The molecule has 1 aliphatic rings. The number of hydrogen-bond acceptors (Lipinski definition) is 4. The van der Waals surface area contributed by atoms with Gasteiger partial charge in [-0.25, -0.2) is 4.39 Å². The van der Waals surface area contributed by atoms with Crippen LogP contribution in [0.1, 0.15) is 18.4 Å². The van der Waals surface area contributed by atoms with Gasteiger partial charge in [0, 0.05) is 0 Å². The molecule has 3 aromatic rings. The molecule has 1 N–H and O–H groups in total. The summed E-state index contributed by atoms with van der Waals surface area (Å²) < 4.78 is 15.3. The molecule has 1 unspecified atom stereocenters. The van der Waals surface area contributed by atoms with Crippen molar-refractivity contribution in [2.75, 3.05) is 25.0 Å². The number of imidazole rings is 1. The van der Waals surface area contributed by atoms with Crippen molar-refractivity contribution in [1.82, 2.24) is 19.4 Å². The van der Waals surface area contributed by atoms with E-state index in [4.69, 9.17) is 4.98 Å². The summed E-state index contributed by atoms with van der Waals surface area (Å²) in [5.74, 6) is 0.635. The summed E-state index contributed by atoms with van der Waals surface area (Å²) in [6, 6.07) is 11.0. The Hall–Kier alpha value is -1.91. The van der Waals surface area contributed by atoms with Gasteiger partial charge in [0.1, 0.15) is 5.82 Å². The van der Waals surface area contributed by atoms with Gasteiger partial charge in [0.25, 0.3) is 0 Å². The molecule has 0 bridgehead atoms. The van der Waals surface area contributed by atoms with Gasteiger partial charge in [0.2, 0.25) is 0 Å². The zero-order valence-corrected chi connectivity index (χ0v) is 17.7. The van der Waals surface area contributed by atoms with Gasteiger partial charge < -0.3 is 0 Å². The molecule has 0 aliphatic carbocycles. The van der Waals surface area contributed by atoms with Crippen LogP contribution in [0.4, 0.5) is 10.3 Å². The first-order chi connectivity index (χ1) is 13.2. The number of anilines is 1. The van der Waals surface area contributed by atoms with Crippen molar-refractivity contribution in [3.05, 3.63) is 54.0 Å². The fourth-order valence-electron chi connectivity index (χ4n) is 3.66. The van der Waals surface area contributed by atoms with Gasteiger partial charge in [-0.05, 0) is 12.1 Å². The van der Waals surface area contributed by atoms with Crippen LogP contribution in [-0.4, -0.2) is 62.0 Å². The number of piperidine rings is 1. The van der Waals surface area contributed by atoms with Crippen molar-refractivity contribution >= 4 is 34.0 Å². The molecule has 27 heavy (non-hydrogen) atoms. The van der Waals surface area contributed by atoms with Crippen molar-refractivity contribution in [3.63, 3.8) is 0 Å². The number of aromatic nitrogens is 3. The van der Waals surface area contributed by atoms with E-state index in [-0.39, 0.29) is 5.82 Å². The van der Waals surface area contributed by atoms with E-state index in [1.165, 1.54) is 23.9 Å². The average Bonchev–Trinajstić information content (AvgIpc) is 3.02. The topological polar surface area (TPSA) is 46.0 Å². The van der Waals surface area contributed by atoms with Crippen LogP contribution in [0.15, 0.2) is 42.6 Å². The summed E-state index contributed by atoms with van der Waals surface area (Å²) in [6.07, 6.45) is 4.04. The van der Waals surface area contributed by atoms with Gasteiger partial charge in [-0.2, -0.15) is 0 Å². The monoisotopic (exact) mass is 429 g/mol. The van der Waals surface area contributed by atoms with Crippen molar-refractivity contribution in [3.8, 4) is 0 Å². The summed E-state index contributed by atoms with van der Waals surface area (Å²) in [5.41, 5.74) is 2.77. The molecule has 1 aliphatic heterocycles. The van der Waals surface area contributed by atoms with E-state index in [2.05, 4.69) is 19.8 Å². The van der Waals surface area contributed by atoms with Crippen LogP contribution in [-0.2, 0) is 6.54 Å². The summed E-state index contributed by atoms with van der Waals surface area (Å²) in [4.78, 5) is 11.8. The van der Waals surface area contributed by atoms with Crippen molar-refractivity contribution in [1.29, 1.82) is 0 Å². The standard InChI is InChI=1S/C20H25AsFN5/c21-9-13-26-11-7-17(8-12-26)24-20-25-18-2-1-10-23-19(18)27(20)14-15-3-5-16(22)6-4-15/h1-6,10,17H,7-9,11-14,21H2,(H,24,25). The first-order valence-corrected chi connectivity index (χ1v) is 11.2. The predicted octanol–water partition coefficient (Wildman–Crippen LogP) is 2.55. The van der Waals surface area contributed by atoms with Crippen molar-refractivity contribution < 1.29 is 4.39 Å². The molecule has 3 heterocycles. The minimum atomic E-state index is -0.217. The Kier molecular flexibility index (Phi) is 5.74. The summed E-state index contributed by atoms with van der Waals surface area (Å²) in [7, 11) is 0. The molecule has 0 radical (unpaired) electrons. The Morgan fingerprint density at radius 2 is 1.93 bits per heavy atom. The molecular formula is C20H25AsFN5. The first kappa shape index (κ1) is 18.5. The fourth-order valence-corrected chi connectivity index (χ4v) is 4.42. The van der Waals surface area contributed by atoms with E-state index in [1.807, 2.05) is 24.3 Å². The van der Waals surface area contributed by atoms with E-state index in [1.54, 1.807) is 23.0 Å². The molecular weight excluding hydrogens is 404 g/mol. The maximum atomic E-state index is 13.2. The Balaban J connectivity index is 1.56. The first-order valence-electron chi connectivity index (χ1n) is 9.47. The van der Waals surface area contributed by atoms with Gasteiger partial charge in [-0.15, -0.1) is 0 Å². The number of hydrogen-bond donors (Lipinski definition) is 1. The second-order valence-electron chi connectivity index (χ2n) is 7.04. The van der Waals surface area contributed by atoms with Crippen molar-refractivity contribution in [2.45, 2.75) is 30.6 Å². The molecule has 0 spiro atoms.